The van der Waals surface area contributed by atoms with Crippen LogP contribution >= 0.6 is 22.9 Å². The van der Waals surface area contributed by atoms with Crippen molar-refractivity contribution < 1.29 is 8.42 Å². The topological polar surface area (TPSA) is 59.1 Å². The molecule has 0 atom stereocenters. The summed E-state index contributed by atoms with van der Waals surface area (Å²) in [6.45, 7) is 0. The van der Waals surface area contributed by atoms with E-state index in [2.05, 4.69) is 9.71 Å². The molecule has 21 heavy (non-hydrogen) atoms. The number of sulfonamides is 1. The molecule has 2 aromatic carbocycles. The largest absolute Gasteiger partial charge is 0.258 e. The Morgan fingerprint density at radius 1 is 1.10 bits per heavy atom. The van der Waals surface area contributed by atoms with Crippen LogP contribution in [0.1, 0.15) is 5.56 Å². The molecule has 0 saturated carbocycles. The van der Waals surface area contributed by atoms with Gasteiger partial charge in [-0.25, -0.2) is 13.4 Å². The van der Waals surface area contributed by atoms with Crippen molar-refractivity contribution in [3.05, 3.63) is 59.1 Å². The number of nitrogens with one attached hydrogen (secondary N) is 1. The molecule has 3 rings (SSSR count). The number of hydrogen-bond donors (Lipinski definition) is 1. The minimum absolute atomic E-state index is 0.178. The number of thiazole rings is 1. The van der Waals surface area contributed by atoms with Crippen LogP contribution < -0.4 is 4.72 Å². The molecule has 1 N–H and O–H groups in total. The number of benzene rings is 2. The molecule has 4 nitrogen and oxygen atoms in total. The van der Waals surface area contributed by atoms with Gasteiger partial charge in [0.25, 0.3) is 0 Å². The quantitative estimate of drug-likeness (QED) is 0.785. The molecule has 0 bridgehead atoms. The van der Waals surface area contributed by atoms with Gasteiger partial charge in [-0.05, 0) is 23.8 Å². The SMILES string of the molecule is O=S(=O)(Cc1ccccc1Cl)Nc1nc2ccccc2s1. The van der Waals surface area contributed by atoms with Crippen LogP contribution in [0.4, 0.5) is 5.13 Å². The van der Waals surface area contributed by atoms with Crippen molar-refractivity contribution in [1.29, 1.82) is 0 Å². The summed E-state index contributed by atoms with van der Waals surface area (Å²) >= 11 is 7.30. The molecule has 1 aromatic heterocycles. The molecule has 1 heterocycles. The first kappa shape index (κ1) is 14.3. The van der Waals surface area contributed by atoms with E-state index in [0.717, 1.165) is 10.2 Å². The maximum atomic E-state index is 12.2. The number of aromatic nitrogens is 1. The number of fused-ring (bicyclic) bond motifs is 1. The second kappa shape index (κ2) is 5.63. The van der Waals surface area contributed by atoms with Gasteiger partial charge in [0.2, 0.25) is 10.0 Å². The first-order chi connectivity index (χ1) is 10.0. The molecule has 0 amide bonds. The molecule has 0 saturated heterocycles. The monoisotopic (exact) mass is 338 g/mol. The maximum absolute atomic E-state index is 12.2. The lowest BCUT2D eigenvalue weighted by Crippen LogP contribution is -2.15. The smallest absolute Gasteiger partial charge is 0.238 e. The van der Waals surface area contributed by atoms with Crippen LogP contribution in [0.5, 0.6) is 0 Å². The van der Waals surface area contributed by atoms with Crippen LogP contribution in [0.2, 0.25) is 5.02 Å². The third kappa shape index (κ3) is 3.34. The predicted octanol–water partition coefficient (Wildman–Crippen LogP) is 3.89. The summed E-state index contributed by atoms with van der Waals surface area (Å²) < 4.78 is 27.8. The van der Waals surface area contributed by atoms with Crippen LogP contribution in [0.25, 0.3) is 10.2 Å². The normalized spacial score (nSPS) is 11.7. The second-order valence-corrected chi connectivity index (χ2v) is 7.60. The van der Waals surface area contributed by atoms with E-state index < -0.39 is 10.0 Å². The van der Waals surface area contributed by atoms with Gasteiger partial charge in [-0.2, -0.15) is 0 Å². The Labute approximate surface area is 131 Å². The molecule has 0 aliphatic rings. The van der Waals surface area contributed by atoms with Crippen molar-refractivity contribution in [2.24, 2.45) is 0 Å². The molecule has 7 heteroatoms. The van der Waals surface area contributed by atoms with Crippen molar-refractivity contribution in [2.75, 3.05) is 4.72 Å². The van der Waals surface area contributed by atoms with Gasteiger partial charge in [0.05, 0.1) is 16.0 Å². The van der Waals surface area contributed by atoms with E-state index in [1.165, 1.54) is 11.3 Å². The molecule has 0 aliphatic carbocycles. The second-order valence-electron chi connectivity index (χ2n) is 4.44. The number of hydrogen-bond acceptors (Lipinski definition) is 4. The lowest BCUT2D eigenvalue weighted by molar-refractivity contribution is 0.600. The number of anilines is 1. The van der Waals surface area contributed by atoms with E-state index in [4.69, 9.17) is 11.6 Å². The summed E-state index contributed by atoms with van der Waals surface area (Å²) in [4.78, 5) is 4.26. The summed E-state index contributed by atoms with van der Waals surface area (Å²) in [7, 11) is -3.54. The van der Waals surface area contributed by atoms with Crippen molar-refractivity contribution in [2.45, 2.75) is 5.75 Å². The Hall–Kier alpha value is -1.63. The number of rotatable bonds is 4. The van der Waals surface area contributed by atoms with Gasteiger partial charge in [-0.1, -0.05) is 53.3 Å². The van der Waals surface area contributed by atoms with Crippen molar-refractivity contribution in [3.8, 4) is 0 Å². The fourth-order valence-corrected chi connectivity index (χ4v) is 4.50. The molecule has 0 radical (unpaired) electrons. The highest BCUT2D eigenvalue weighted by Gasteiger charge is 2.16. The van der Waals surface area contributed by atoms with Crippen LogP contribution in [0.3, 0.4) is 0 Å². The number of halogens is 1. The summed E-state index contributed by atoms with van der Waals surface area (Å²) in [5.74, 6) is -0.178. The lowest BCUT2D eigenvalue weighted by Gasteiger charge is -2.06. The van der Waals surface area contributed by atoms with Crippen LogP contribution in [-0.2, 0) is 15.8 Å². The van der Waals surface area contributed by atoms with Gasteiger partial charge < -0.3 is 0 Å². The Morgan fingerprint density at radius 2 is 1.81 bits per heavy atom. The van der Waals surface area contributed by atoms with Crippen molar-refractivity contribution in [1.82, 2.24) is 4.98 Å². The predicted molar refractivity (Wildman–Crippen MR) is 87.3 cm³/mol. The van der Waals surface area contributed by atoms with Crippen LogP contribution in [0.15, 0.2) is 48.5 Å². The van der Waals surface area contributed by atoms with Gasteiger partial charge >= 0.3 is 0 Å². The Bertz CT molecular complexity index is 858. The summed E-state index contributed by atoms with van der Waals surface area (Å²) in [5.41, 5.74) is 1.34. The fourth-order valence-electron chi connectivity index (χ4n) is 1.91. The third-order valence-corrected chi connectivity index (χ3v) is 5.49. The van der Waals surface area contributed by atoms with E-state index in [-0.39, 0.29) is 5.75 Å². The number of nitrogens with zero attached hydrogens (tertiary/aromatic N) is 1. The minimum Gasteiger partial charge on any atom is -0.258 e. The van der Waals surface area contributed by atoms with E-state index in [9.17, 15) is 8.42 Å². The minimum atomic E-state index is -3.54. The van der Waals surface area contributed by atoms with Gasteiger partial charge in [-0.3, -0.25) is 4.72 Å². The van der Waals surface area contributed by atoms with E-state index in [1.54, 1.807) is 24.3 Å². The molecule has 0 aliphatic heterocycles. The standard InChI is InChI=1S/C14H11ClN2O2S2/c15-11-6-2-1-5-10(11)9-21(18,19)17-14-16-12-7-3-4-8-13(12)20-14/h1-8H,9H2,(H,16,17). The molecule has 0 unspecified atom stereocenters. The third-order valence-electron chi connectivity index (χ3n) is 2.84. The van der Waals surface area contributed by atoms with E-state index >= 15 is 0 Å². The summed E-state index contributed by atoms with van der Waals surface area (Å²) in [6, 6.07) is 14.4. The lowest BCUT2D eigenvalue weighted by atomic mass is 10.2. The van der Waals surface area contributed by atoms with Crippen LogP contribution in [-0.4, -0.2) is 13.4 Å². The van der Waals surface area contributed by atoms with Crippen LogP contribution in [0, 0.1) is 0 Å². The maximum Gasteiger partial charge on any atom is 0.238 e. The van der Waals surface area contributed by atoms with Crippen molar-refractivity contribution >= 4 is 48.3 Å². The summed E-state index contributed by atoms with van der Waals surface area (Å²) in [5, 5.41) is 0.801. The fraction of sp³-hybridized carbons (Fsp3) is 0.0714. The van der Waals surface area contributed by atoms with Gasteiger partial charge in [0.1, 0.15) is 0 Å². The highest BCUT2D eigenvalue weighted by Crippen LogP contribution is 2.27. The molecule has 0 spiro atoms. The molecular formula is C14H11ClN2O2S2. The highest BCUT2D eigenvalue weighted by atomic mass is 35.5. The van der Waals surface area contributed by atoms with Gasteiger partial charge in [-0.15, -0.1) is 0 Å². The van der Waals surface area contributed by atoms with Gasteiger partial charge in [0, 0.05) is 5.02 Å². The molecule has 3 aromatic rings. The Balaban J connectivity index is 1.84. The summed E-state index contributed by atoms with van der Waals surface area (Å²) in [6.07, 6.45) is 0. The molecule has 108 valence electrons. The highest BCUT2D eigenvalue weighted by molar-refractivity contribution is 7.92. The molecular weight excluding hydrogens is 328 g/mol. The first-order valence-electron chi connectivity index (χ1n) is 6.13. The first-order valence-corrected chi connectivity index (χ1v) is 8.98. The van der Waals surface area contributed by atoms with Crippen molar-refractivity contribution in [3.63, 3.8) is 0 Å². The Morgan fingerprint density at radius 3 is 2.57 bits per heavy atom. The zero-order chi connectivity index (χ0) is 14.9. The molecule has 0 fully saturated rings. The Kier molecular flexibility index (Phi) is 3.84. The average Bonchev–Trinajstić information content (AvgIpc) is 2.82. The number of para-hydroxylation sites is 1. The zero-order valence-corrected chi connectivity index (χ0v) is 13.2. The zero-order valence-electron chi connectivity index (χ0n) is 10.8. The van der Waals surface area contributed by atoms with E-state index in [1.807, 2.05) is 24.3 Å². The van der Waals surface area contributed by atoms with E-state index in [0.29, 0.717) is 15.7 Å². The van der Waals surface area contributed by atoms with Gasteiger partial charge in [0.15, 0.2) is 5.13 Å². The average molecular weight is 339 g/mol.